The van der Waals surface area contributed by atoms with Gasteiger partial charge in [0.1, 0.15) is 0 Å². The van der Waals surface area contributed by atoms with Gasteiger partial charge in [0.2, 0.25) is 0 Å². The molecule has 0 saturated carbocycles. The number of rotatable bonds is 6. The second-order valence-corrected chi connectivity index (χ2v) is 9.82. The zero-order valence-corrected chi connectivity index (χ0v) is 21.7. The van der Waals surface area contributed by atoms with E-state index in [0.717, 1.165) is 29.9 Å². The van der Waals surface area contributed by atoms with Crippen molar-refractivity contribution in [1.29, 1.82) is 0 Å². The largest absolute Gasteiger partial charge is 0.310 e. The number of aryl methyl sites for hydroxylation is 1. The summed E-state index contributed by atoms with van der Waals surface area (Å²) in [7, 11) is 0. The predicted molar refractivity (Wildman–Crippen MR) is 163 cm³/mol. The molecule has 0 spiro atoms. The molecule has 0 aliphatic heterocycles. The highest BCUT2D eigenvalue weighted by Gasteiger charge is 2.19. The van der Waals surface area contributed by atoms with Gasteiger partial charge < -0.3 is 4.90 Å². The maximum absolute atomic E-state index is 2.39. The Kier molecular flexibility index (Phi) is 6.74. The van der Waals surface area contributed by atoms with Crippen molar-refractivity contribution < 1.29 is 0 Å². The first kappa shape index (κ1) is 23.8. The lowest BCUT2D eigenvalue weighted by Crippen LogP contribution is -2.11. The van der Waals surface area contributed by atoms with Crippen LogP contribution in [0.15, 0.2) is 146 Å². The Bertz CT molecular complexity index is 1590. The molecule has 0 amide bonds. The highest BCUT2D eigenvalue weighted by atomic mass is 15.1. The summed E-state index contributed by atoms with van der Waals surface area (Å²) in [5, 5.41) is 0. The molecule has 5 aromatic carbocycles. The molecular weight excluding hydrogens is 458 g/mol. The third kappa shape index (κ3) is 4.96. The van der Waals surface area contributed by atoms with E-state index in [-0.39, 0.29) is 0 Å². The van der Waals surface area contributed by atoms with Gasteiger partial charge in [0.15, 0.2) is 0 Å². The van der Waals surface area contributed by atoms with Crippen molar-refractivity contribution in [1.82, 2.24) is 0 Å². The van der Waals surface area contributed by atoms with Crippen LogP contribution in [0, 0.1) is 6.92 Å². The molecule has 5 aromatic rings. The summed E-state index contributed by atoms with van der Waals surface area (Å²) in [6.45, 7) is 2.14. The lowest BCUT2D eigenvalue weighted by molar-refractivity contribution is 1.04. The summed E-state index contributed by atoms with van der Waals surface area (Å²) in [6, 6.07) is 45.9. The highest BCUT2D eigenvalue weighted by molar-refractivity contribution is 5.91. The van der Waals surface area contributed by atoms with Crippen molar-refractivity contribution in [2.24, 2.45) is 0 Å². The molecule has 1 nitrogen and oxygen atoms in total. The van der Waals surface area contributed by atoms with Gasteiger partial charge in [0.25, 0.3) is 0 Å². The second-order valence-electron chi connectivity index (χ2n) is 9.82. The van der Waals surface area contributed by atoms with Crippen molar-refractivity contribution in [3.05, 3.63) is 157 Å². The SMILES string of the molecule is Cc1ccc(N(c2cccc(-c3ccccc3)c2)c2ccc(C3=CCCC=C3)cc2-c2ccccc2)cc1. The molecule has 1 aliphatic rings. The minimum atomic E-state index is 1.09. The van der Waals surface area contributed by atoms with Crippen LogP contribution in [-0.4, -0.2) is 0 Å². The van der Waals surface area contributed by atoms with Crippen LogP contribution in [0.4, 0.5) is 17.1 Å². The molecule has 0 unspecified atom stereocenters. The number of hydrogen-bond donors (Lipinski definition) is 0. The Morgan fingerprint density at radius 2 is 1.24 bits per heavy atom. The Morgan fingerprint density at radius 1 is 0.526 bits per heavy atom. The van der Waals surface area contributed by atoms with Crippen molar-refractivity contribution in [3.63, 3.8) is 0 Å². The van der Waals surface area contributed by atoms with Crippen LogP contribution >= 0.6 is 0 Å². The maximum Gasteiger partial charge on any atom is 0.0540 e. The molecular formula is C37H31N. The summed E-state index contributed by atoms with van der Waals surface area (Å²) in [6.07, 6.45) is 9.10. The van der Waals surface area contributed by atoms with Gasteiger partial charge in [0.05, 0.1) is 5.69 Å². The lowest BCUT2D eigenvalue weighted by Gasteiger charge is -2.29. The average molecular weight is 490 g/mol. The first-order valence-corrected chi connectivity index (χ1v) is 13.4. The van der Waals surface area contributed by atoms with Crippen molar-refractivity contribution >= 4 is 22.6 Å². The molecule has 0 heterocycles. The number of anilines is 3. The fraction of sp³-hybridized carbons (Fsp3) is 0.0811. The zero-order valence-electron chi connectivity index (χ0n) is 21.7. The van der Waals surface area contributed by atoms with Gasteiger partial charge in [-0.05, 0) is 84.0 Å². The smallest absolute Gasteiger partial charge is 0.0540 e. The van der Waals surface area contributed by atoms with E-state index in [9.17, 15) is 0 Å². The molecule has 6 rings (SSSR count). The summed E-state index contributed by atoms with van der Waals surface area (Å²) in [4.78, 5) is 2.39. The number of nitrogens with zero attached hydrogens (tertiary/aromatic N) is 1. The van der Waals surface area contributed by atoms with Crippen LogP contribution in [0.2, 0.25) is 0 Å². The Labute approximate surface area is 226 Å². The lowest BCUT2D eigenvalue weighted by atomic mass is 9.93. The second kappa shape index (κ2) is 10.8. The van der Waals surface area contributed by atoms with Gasteiger partial charge in [0, 0.05) is 16.9 Å². The van der Waals surface area contributed by atoms with Gasteiger partial charge in [-0.3, -0.25) is 0 Å². The fourth-order valence-corrected chi connectivity index (χ4v) is 5.16. The van der Waals surface area contributed by atoms with Crippen LogP contribution in [0.1, 0.15) is 24.0 Å². The van der Waals surface area contributed by atoms with E-state index >= 15 is 0 Å². The molecule has 0 bridgehead atoms. The fourth-order valence-electron chi connectivity index (χ4n) is 5.16. The van der Waals surface area contributed by atoms with Gasteiger partial charge in [-0.2, -0.15) is 0 Å². The van der Waals surface area contributed by atoms with E-state index in [1.807, 2.05) is 0 Å². The van der Waals surface area contributed by atoms with Crippen LogP contribution < -0.4 is 4.90 Å². The Balaban J connectivity index is 1.56. The Hall–Kier alpha value is -4.62. The third-order valence-electron chi connectivity index (χ3n) is 7.15. The molecule has 1 aliphatic carbocycles. The molecule has 0 N–H and O–H groups in total. The Morgan fingerprint density at radius 3 is 1.95 bits per heavy atom. The third-order valence-corrected chi connectivity index (χ3v) is 7.15. The van der Waals surface area contributed by atoms with Crippen LogP contribution in [0.25, 0.3) is 27.8 Å². The van der Waals surface area contributed by atoms with Gasteiger partial charge in [-0.15, -0.1) is 0 Å². The molecule has 0 radical (unpaired) electrons. The summed E-state index contributed by atoms with van der Waals surface area (Å²) >= 11 is 0. The molecule has 184 valence electrons. The average Bonchev–Trinajstić information content (AvgIpc) is 3.00. The standard InChI is InChI=1S/C37H31N/c1-28-20-23-34(24-21-28)38(35-19-11-18-32(26-35)29-12-5-2-6-13-29)37-25-22-33(30-14-7-3-8-15-30)27-36(37)31-16-9-4-10-17-31/h2,4-7,9-27H,3,8H2,1H3. The van der Waals surface area contributed by atoms with E-state index in [2.05, 4.69) is 157 Å². The molecule has 0 saturated heterocycles. The van der Waals surface area contributed by atoms with Gasteiger partial charge >= 0.3 is 0 Å². The van der Waals surface area contributed by atoms with Gasteiger partial charge in [-0.1, -0.05) is 115 Å². The van der Waals surface area contributed by atoms with Crippen molar-refractivity contribution in [3.8, 4) is 22.3 Å². The van der Waals surface area contributed by atoms with Gasteiger partial charge in [-0.25, -0.2) is 0 Å². The van der Waals surface area contributed by atoms with E-state index in [4.69, 9.17) is 0 Å². The quantitative estimate of drug-likeness (QED) is 0.229. The predicted octanol–water partition coefficient (Wildman–Crippen LogP) is 10.5. The maximum atomic E-state index is 2.39. The normalized spacial score (nSPS) is 12.7. The number of benzene rings is 5. The molecule has 1 heteroatoms. The number of hydrogen-bond acceptors (Lipinski definition) is 1. The minimum Gasteiger partial charge on any atom is -0.310 e. The molecule has 0 aromatic heterocycles. The van der Waals surface area contributed by atoms with E-state index in [1.54, 1.807) is 0 Å². The monoisotopic (exact) mass is 489 g/mol. The summed E-state index contributed by atoms with van der Waals surface area (Å²) in [5.74, 6) is 0. The minimum absolute atomic E-state index is 1.09. The zero-order chi connectivity index (χ0) is 25.7. The number of allylic oxidation sites excluding steroid dienone is 4. The summed E-state index contributed by atoms with van der Waals surface area (Å²) in [5.41, 5.74) is 12.1. The summed E-state index contributed by atoms with van der Waals surface area (Å²) < 4.78 is 0. The van der Waals surface area contributed by atoms with E-state index in [0.29, 0.717) is 0 Å². The van der Waals surface area contributed by atoms with E-state index in [1.165, 1.54) is 39.0 Å². The van der Waals surface area contributed by atoms with Crippen LogP contribution in [0.3, 0.4) is 0 Å². The molecule has 0 atom stereocenters. The van der Waals surface area contributed by atoms with Crippen molar-refractivity contribution in [2.75, 3.05) is 4.90 Å². The van der Waals surface area contributed by atoms with E-state index < -0.39 is 0 Å². The first-order valence-electron chi connectivity index (χ1n) is 13.4. The van der Waals surface area contributed by atoms with Crippen LogP contribution in [0.5, 0.6) is 0 Å². The first-order chi connectivity index (χ1) is 18.8. The van der Waals surface area contributed by atoms with Crippen molar-refractivity contribution in [2.45, 2.75) is 19.8 Å². The topological polar surface area (TPSA) is 3.24 Å². The molecule has 38 heavy (non-hydrogen) atoms. The van der Waals surface area contributed by atoms with Crippen LogP contribution in [-0.2, 0) is 0 Å². The molecule has 0 fully saturated rings. The highest BCUT2D eigenvalue weighted by Crippen LogP contribution is 2.43.